The van der Waals surface area contributed by atoms with Crippen molar-refractivity contribution in [1.29, 1.82) is 0 Å². The number of aliphatic carboxylic acids is 1. The second kappa shape index (κ2) is 9.54. The molecule has 0 bridgehead atoms. The van der Waals surface area contributed by atoms with Gasteiger partial charge in [0.2, 0.25) is 5.91 Å². The first-order valence-corrected chi connectivity index (χ1v) is 8.98. The monoisotopic (exact) mass is 394 g/mol. The highest BCUT2D eigenvalue weighted by atomic mass is 16.6. The second-order valence-electron chi connectivity index (χ2n) is 8.12. The van der Waals surface area contributed by atoms with Gasteiger partial charge in [-0.25, -0.2) is 9.59 Å². The van der Waals surface area contributed by atoms with Crippen LogP contribution in [0.1, 0.15) is 45.7 Å². The topological polar surface area (TPSA) is 114 Å². The molecule has 0 fully saturated rings. The summed E-state index contributed by atoms with van der Waals surface area (Å²) >= 11 is 0. The lowest BCUT2D eigenvalue weighted by Gasteiger charge is -2.28. The third kappa shape index (κ3) is 8.39. The van der Waals surface area contributed by atoms with Crippen LogP contribution in [-0.4, -0.2) is 46.9 Å². The van der Waals surface area contributed by atoms with Gasteiger partial charge in [-0.15, -0.1) is 0 Å². The Labute approximate surface area is 165 Å². The third-order valence-corrected chi connectivity index (χ3v) is 3.66. The van der Waals surface area contributed by atoms with Gasteiger partial charge in [0, 0.05) is 0 Å². The number of amides is 2. The van der Waals surface area contributed by atoms with Gasteiger partial charge in [0.15, 0.2) is 6.04 Å². The first kappa shape index (κ1) is 23.4. The minimum absolute atomic E-state index is 0.211. The standard InChI is InChI=1S/C20H30N2O6/c1-13-7-9-14(10-8-13)11-27-12-15(16(23)24)21-17(25)20(5,6)22-18(26)28-19(2,3)4/h7-10,15H,11-12H2,1-6H3,(H,21,25)(H,22,26)(H,23,24)/t15-/m1/s1. The molecule has 1 rings (SSSR count). The number of carbonyl (C=O) groups is 3. The lowest BCUT2D eigenvalue weighted by atomic mass is 10.0. The lowest BCUT2D eigenvalue weighted by molar-refractivity contribution is -0.144. The molecule has 28 heavy (non-hydrogen) atoms. The number of rotatable bonds is 8. The van der Waals surface area contributed by atoms with Crippen LogP contribution in [0, 0.1) is 6.92 Å². The highest BCUT2D eigenvalue weighted by Gasteiger charge is 2.34. The van der Waals surface area contributed by atoms with Gasteiger partial charge in [-0.1, -0.05) is 29.8 Å². The van der Waals surface area contributed by atoms with E-state index in [1.165, 1.54) is 13.8 Å². The van der Waals surface area contributed by atoms with E-state index in [1.807, 2.05) is 31.2 Å². The van der Waals surface area contributed by atoms with Gasteiger partial charge < -0.3 is 25.2 Å². The van der Waals surface area contributed by atoms with Crippen LogP contribution < -0.4 is 10.6 Å². The fourth-order valence-electron chi connectivity index (χ4n) is 2.11. The van der Waals surface area contributed by atoms with E-state index in [0.717, 1.165) is 11.1 Å². The summed E-state index contributed by atoms with van der Waals surface area (Å²) in [4.78, 5) is 35.8. The van der Waals surface area contributed by atoms with E-state index in [2.05, 4.69) is 10.6 Å². The molecule has 0 unspecified atom stereocenters. The summed E-state index contributed by atoms with van der Waals surface area (Å²) in [6, 6.07) is 6.38. The Morgan fingerprint density at radius 1 is 1.07 bits per heavy atom. The minimum Gasteiger partial charge on any atom is -0.480 e. The molecule has 1 atom stereocenters. The average molecular weight is 394 g/mol. The lowest BCUT2D eigenvalue weighted by Crippen LogP contribution is -2.59. The number of nitrogens with one attached hydrogen (secondary N) is 2. The van der Waals surface area contributed by atoms with Crippen LogP contribution in [0.5, 0.6) is 0 Å². The summed E-state index contributed by atoms with van der Waals surface area (Å²) in [5.74, 6) is -1.89. The number of hydrogen-bond acceptors (Lipinski definition) is 5. The fraction of sp³-hybridized carbons (Fsp3) is 0.550. The van der Waals surface area contributed by atoms with Crippen LogP contribution in [0.4, 0.5) is 4.79 Å². The number of carboxylic acid groups (broad SMARTS) is 1. The summed E-state index contributed by atoms with van der Waals surface area (Å²) < 4.78 is 10.6. The summed E-state index contributed by atoms with van der Waals surface area (Å²) in [6.07, 6.45) is -0.768. The van der Waals surface area contributed by atoms with E-state index in [-0.39, 0.29) is 13.2 Å². The molecule has 0 heterocycles. The molecule has 0 aliphatic heterocycles. The van der Waals surface area contributed by atoms with Crippen molar-refractivity contribution < 1.29 is 29.0 Å². The van der Waals surface area contributed by atoms with Crippen LogP contribution in [0.3, 0.4) is 0 Å². The molecular weight excluding hydrogens is 364 g/mol. The number of aryl methyl sites for hydroxylation is 1. The molecule has 0 saturated heterocycles. The molecule has 0 spiro atoms. The molecule has 0 aromatic heterocycles. The molecule has 1 aromatic carbocycles. The Bertz CT molecular complexity index is 692. The van der Waals surface area contributed by atoms with Crippen LogP contribution in [-0.2, 0) is 25.7 Å². The summed E-state index contributed by atoms with van der Waals surface area (Å²) in [7, 11) is 0. The highest BCUT2D eigenvalue weighted by Crippen LogP contribution is 2.10. The maximum atomic E-state index is 12.5. The molecule has 1 aromatic rings. The molecule has 8 nitrogen and oxygen atoms in total. The predicted molar refractivity (Wildman–Crippen MR) is 104 cm³/mol. The summed E-state index contributed by atoms with van der Waals surface area (Å²) in [5, 5.41) is 14.2. The van der Waals surface area contributed by atoms with Crippen molar-refractivity contribution in [2.45, 2.75) is 65.3 Å². The highest BCUT2D eigenvalue weighted by molar-refractivity contribution is 5.92. The number of carboxylic acids is 1. The quantitative estimate of drug-likeness (QED) is 0.624. The average Bonchev–Trinajstić information content (AvgIpc) is 2.52. The molecule has 0 radical (unpaired) electrons. The van der Waals surface area contributed by atoms with Gasteiger partial charge in [0.1, 0.15) is 11.1 Å². The van der Waals surface area contributed by atoms with Gasteiger partial charge in [-0.2, -0.15) is 0 Å². The van der Waals surface area contributed by atoms with Crippen molar-refractivity contribution in [2.24, 2.45) is 0 Å². The smallest absolute Gasteiger partial charge is 0.408 e. The molecule has 2 amide bonds. The van der Waals surface area contributed by atoms with Gasteiger partial charge >= 0.3 is 12.1 Å². The number of hydrogen-bond donors (Lipinski definition) is 3. The van der Waals surface area contributed by atoms with E-state index in [4.69, 9.17) is 9.47 Å². The first-order chi connectivity index (χ1) is 12.8. The maximum Gasteiger partial charge on any atom is 0.408 e. The Morgan fingerprint density at radius 3 is 2.14 bits per heavy atom. The largest absolute Gasteiger partial charge is 0.480 e. The molecule has 8 heteroatoms. The number of carbonyl (C=O) groups excluding carboxylic acids is 2. The Hall–Kier alpha value is -2.61. The molecule has 3 N–H and O–H groups in total. The zero-order chi connectivity index (χ0) is 21.5. The molecule has 0 aliphatic carbocycles. The third-order valence-electron chi connectivity index (χ3n) is 3.66. The fourth-order valence-corrected chi connectivity index (χ4v) is 2.11. The van der Waals surface area contributed by atoms with Crippen molar-refractivity contribution >= 4 is 18.0 Å². The van der Waals surface area contributed by atoms with Crippen LogP contribution in [0.15, 0.2) is 24.3 Å². The minimum atomic E-state index is -1.37. The van der Waals surface area contributed by atoms with Crippen LogP contribution >= 0.6 is 0 Å². The normalized spacial score (nSPS) is 12.8. The molecule has 156 valence electrons. The predicted octanol–water partition coefficient (Wildman–Crippen LogP) is 2.38. The van der Waals surface area contributed by atoms with Crippen LogP contribution in [0.25, 0.3) is 0 Å². The molecule has 0 aliphatic rings. The zero-order valence-corrected chi connectivity index (χ0v) is 17.3. The van der Waals surface area contributed by atoms with Gasteiger partial charge in [0.25, 0.3) is 0 Å². The number of benzene rings is 1. The van der Waals surface area contributed by atoms with Crippen molar-refractivity contribution in [3.63, 3.8) is 0 Å². The van der Waals surface area contributed by atoms with Crippen molar-refractivity contribution in [3.05, 3.63) is 35.4 Å². The Kier molecular flexibility index (Phi) is 7.99. The van der Waals surface area contributed by atoms with E-state index >= 15 is 0 Å². The van der Waals surface area contributed by atoms with E-state index < -0.39 is 35.2 Å². The van der Waals surface area contributed by atoms with E-state index in [9.17, 15) is 19.5 Å². The SMILES string of the molecule is Cc1ccc(COC[C@@H](NC(=O)C(C)(C)NC(=O)OC(C)(C)C)C(=O)O)cc1. The van der Waals surface area contributed by atoms with Crippen molar-refractivity contribution in [2.75, 3.05) is 6.61 Å². The molecule has 0 saturated carbocycles. The van der Waals surface area contributed by atoms with E-state index in [1.54, 1.807) is 20.8 Å². The Balaban J connectivity index is 2.61. The number of alkyl carbamates (subject to hydrolysis) is 1. The Morgan fingerprint density at radius 2 is 1.64 bits per heavy atom. The van der Waals surface area contributed by atoms with Crippen LogP contribution in [0.2, 0.25) is 0 Å². The first-order valence-electron chi connectivity index (χ1n) is 8.98. The van der Waals surface area contributed by atoms with Gasteiger partial charge in [-0.3, -0.25) is 4.79 Å². The summed E-state index contributed by atoms with van der Waals surface area (Å²) in [6.45, 7) is 9.99. The van der Waals surface area contributed by atoms with E-state index in [0.29, 0.717) is 0 Å². The van der Waals surface area contributed by atoms with Crippen molar-refractivity contribution in [3.8, 4) is 0 Å². The molecular formula is C20H30N2O6. The summed E-state index contributed by atoms with van der Waals surface area (Å²) in [5.41, 5.74) is -0.0797. The zero-order valence-electron chi connectivity index (χ0n) is 17.3. The second-order valence-corrected chi connectivity index (χ2v) is 8.12. The van der Waals surface area contributed by atoms with Crippen molar-refractivity contribution in [1.82, 2.24) is 10.6 Å². The number of ether oxygens (including phenoxy) is 2. The van der Waals surface area contributed by atoms with Gasteiger partial charge in [-0.05, 0) is 47.1 Å². The van der Waals surface area contributed by atoms with Gasteiger partial charge in [0.05, 0.1) is 13.2 Å². The maximum absolute atomic E-state index is 12.5.